The molecule has 0 aliphatic heterocycles. The highest BCUT2D eigenvalue weighted by molar-refractivity contribution is 9.10. The molecule has 1 nitrogen and oxygen atoms in total. The number of methoxy groups -OCH3 is 1. The minimum absolute atomic E-state index is 0.884. The van der Waals surface area contributed by atoms with Crippen molar-refractivity contribution in [1.29, 1.82) is 0 Å². The third-order valence-electron chi connectivity index (χ3n) is 1.46. The van der Waals surface area contributed by atoms with Crippen LogP contribution < -0.4 is 4.74 Å². The molecule has 0 saturated heterocycles. The molecular formula is C8H9BrOS. The van der Waals surface area contributed by atoms with Gasteiger partial charge < -0.3 is 4.74 Å². The van der Waals surface area contributed by atoms with Crippen LogP contribution in [0.3, 0.4) is 0 Å². The Balaban J connectivity index is 3.21. The van der Waals surface area contributed by atoms with Gasteiger partial charge in [0.15, 0.2) is 0 Å². The zero-order chi connectivity index (χ0) is 8.43. The summed E-state index contributed by atoms with van der Waals surface area (Å²) in [4.78, 5) is 0.934. The third-order valence-corrected chi connectivity index (χ3v) is 2.80. The van der Waals surface area contributed by atoms with Gasteiger partial charge >= 0.3 is 0 Å². The molecule has 0 N–H and O–H groups in total. The van der Waals surface area contributed by atoms with Gasteiger partial charge in [0.2, 0.25) is 0 Å². The van der Waals surface area contributed by atoms with E-state index >= 15 is 0 Å². The molecule has 0 heterocycles. The SMILES string of the molecule is COc1cc(Br)c(S)cc1C. The highest BCUT2D eigenvalue weighted by Gasteiger charge is 2.01. The van der Waals surface area contributed by atoms with Gasteiger partial charge in [0.25, 0.3) is 0 Å². The van der Waals surface area contributed by atoms with Crippen molar-refractivity contribution in [2.75, 3.05) is 7.11 Å². The van der Waals surface area contributed by atoms with Gasteiger partial charge in [0.1, 0.15) is 5.75 Å². The Bertz CT molecular complexity index is 273. The molecule has 0 fully saturated rings. The minimum Gasteiger partial charge on any atom is -0.496 e. The predicted molar refractivity (Wildman–Crippen MR) is 52.7 cm³/mol. The Morgan fingerprint density at radius 3 is 2.64 bits per heavy atom. The fourth-order valence-electron chi connectivity index (χ4n) is 0.868. The van der Waals surface area contributed by atoms with E-state index in [-0.39, 0.29) is 0 Å². The van der Waals surface area contributed by atoms with Gasteiger partial charge in [0, 0.05) is 9.37 Å². The summed E-state index contributed by atoms with van der Waals surface area (Å²) in [5.41, 5.74) is 1.10. The van der Waals surface area contributed by atoms with Crippen molar-refractivity contribution in [1.82, 2.24) is 0 Å². The van der Waals surface area contributed by atoms with Gasteiger partial charge in [-0.3, -0.25) is 0 Å². The smallest absolute Gasteiger partial charge is 0.122 e. The van der Waals surface area contributed by atoms with Crippen LogP contribution in [0.15, 0.2) is 21.5 Å². The summed E-state index contributed by atoms with van der Waals surface area (Å²) in [7, 11) is 1.66. The van der Waals surface area contributed by atoms with Crippen LogP contribution >= 0.6 is 28.6 Å². The number of aryl methyl sites for hydroxylation is 1. The van der Waals surface area contributed by atoms with Crippen molar-refractivity contribution in [3.63, 3.8) is 0 Å². The van der Waals surface area contributed by atoms with Crippen LogP contribution in [0.5, 0.6) is 5.75 Å². The van der Waals surface area contributed by atoms with E-state index in [2.05, 4.69) is 28.6 Å². The molecule has 0 bridgehead atoms. The second-order valence-corrected chi connectivity index (χ2v) is 3.61. The first kappa shape index (κ1) is 8.94. The van der Waals surface area contributed by atoms with Gasteiger partial charge in [-0.25, -0.2) is 0 Å². The van der Waals surface area contributed by atoms with E-state index in [0.717, 1.165) is 20.7 Å². The molecule has 0 aliphatic carbocycles. The van der Waals surface area contributed by atoms with E-state index in [1.807, 2.05) is 19.1 Å². The average molecular weight is 233 g/mol. The number of benzene rings is 1. The van der Waals surface area contributed by atoms with E-state index < -0.39 is 0 Å². The molecule has 1 aromatic carbocycles. The highest BCUT2D eigenvalue weighted by atomic mass is 79.9. The Hall–Kier alpha value is -0.150. The summed E-state index contributed by atoms with van der Waals surface area (Å²) >= 11 is 7.62. The Morgan fingerprint density at radius 1 is 1.45 bits per heavy atom. The van der Waals surface area contributed by atoms with Crippen LogP contribution in [0.4, 0.5) is 0 Å². The first-order valence-corrected chi connectivity index (χ1v) is 4.42. The number of hydrogen-bond acceptors (Lipinski definition) is 2. The summed E-state index contributed by atoms with van der Waals surface area (Å²) in [6, 6.07) is 3.88. The van der Waals surface area contributed by atoms with Gasteiger partial charge in [-0.1, -0.05) is 0 Å². The monoisotopic (exact) mass is 232 g/mol. The van der Waals surface area contributed by atoms with Crippen molar-refractivity contribution in [2.45, 2.75) is 11.8 Å². The predicted octanol–water partition coefficient (Wildman–Crippen LogP) is 3.05. The lowest BCUT2D eigenvalue weighted by Gasteiger charge is -2.05. The first-order chi connectivity index (χ1) is 5.15. The van der Waals surface area contributed by atoms with Crippen molar-refractivity contribution >= 4 is 28.6 Å². The van der Waals surface area contributed by atoms with Crippen LogP contribution in [0, 0.1) is 6.92 Å². The molecule has 0 amide bonds. The van der Waals surface area contributed by atoms with Crippen LogP contribution in [0.25, 0.3) is 0 Å². The molecule has 1 rings (SSSR count). The molecule has 0 aromatic heterocycles. The molecule has 60 valence electrons. The molecule has 3 heteroatoms. The molecule has 1 aromatic rings. The largest absolute Gasteiger partial charge is 0.496 e. The lowest BCUT2D eigenvalue weighted by atomic mass is 10.2. The second-order valence-electron chi connectivity index (χ2n) is 2.27. The molecule has 0 aliphatic rings. The molecular weight excluding hydrogens is 224 g/mol. The topological polar surface area (TPSA) is 9.23 Å². The van der Waals surface area contributed by atoms with E-state index in [9.17, 15) is 0 Å². The number of rotatable bonds is 1. The highest BCUT2D eigenvalue weighted by Crippen LogP contribution is 2.28. The van der Waals surface area contributed by atoms with E-state index in [0.29, 0.717) is 0 Å². The number of hydrogen-bond donors (Lipinski definition) is 1. The third kappa shape index (κ3) is 1.91. The van der Waals surface area contributed by atoms with Crippen LogP contribution in [-0.4, -0.2) is 7.11 Å². The van der Waals surface area contributed by atoms with Gasteiger partial charge in [0.05, 0.1) is 7.11 Å². The summed E-state index contributed by atoms with van der Waals surface area (Å²) in [5, 5.41) is 0. The summed E-state index contributed by atoms with van der Waals surface area (Å²) < 4.78 is 6.08. The minimum atomic E-state index is 0.884. The summed E-state index contributed by atoms with van der Waals surface area (Å²) in [6.45, 7) is 1.99. The maximum Gasteiger partial charge on any atom is 0.122 e. The maximum absolute atomic E-state index is 5.12. The maximum atomic E-state index is 5.12. The molecule has 0 spiro atoms. The fraction of sp³-hybridized carbons (Fsp3) is 0.250. The van der Waals surface area contributed by atoms with Crippen molar-refractivity contribution in [3.8, 4) is 5.75 Å². The van der Waals surface area contributed by atoms with Crippen LogP contribution in [0.2, 0.25) is 0 Å². The Kier molecular flexibility index (Phi) is 2.84. The van der Waals surface area contributed by atoms with Crippen molar-refractivity contribution < 1.29 is 4.74 Å². The first-order valence-electron chi connectivity index (χ1n) is 3.18. The average Bonchev–Trinajstić information content (AvgIpc) is 1.97. The lowest BCUT2D eigenvalue weighted by Crippen LogP contribution is -1.87. The molecule has 0 saturated carbocycles. The Labute approximate surface area is 80.3 Å². The number of ether oxygens (including phenoxy) is 1. The summed E-state index contributed by atoms with van der Waals surface area (Å²) in [5.74, 6) is 0.884. The van der Waals surface area contributed by atoms with Crippen LogP contribution in [-0.2, 0) is 0 Å². The lowest BCUT2D eigenvalue weighted by molar-refractivity contribution is 0.411. The number of thiol groups is 1. The quantitative estimate of drug-likeness (QED) is 0.733. The second kappa shape index (κ2) is 3.50. The van der Waals surface area contributed by atoms with Gasteiger partial charge in [-0.05, 0) is 40.5 Å². The molecule has 11 heavy (non-hydrogen) atoms. The standard InChI is InChI=1S/C8H9BrOS/c1-5-3-8(11)6(9)4-7(5)10-2/h3-4,11H,1-2H3. The fourth-order valence-corrected chi connectivity index (χ4v) is 1.45. The normalized spacial score (nSPS) is 9.82. The molecule has 0 unspecified atom stereocenters. The number of halogens is 1. The van der Waals surface area contributed by atoms with Crippen molar-refractivity contribution in [3.05, 3.63) is 22.2 Å². The molecule has 0 atom stereocenters. The molecule has 0 radical (unpaired) electrons. The zero-order valence-corrected chi connectivity index (χ0v) is 8.87. The van der Waals surface area contributed by atoms with Gasteiger partial charge in [-0.2, -0.15) is 0 Å². The zero-order valence-electron chi connectivity index (χ0n) is 6.39. The van der Waals surface area contributed by atoms with Gasteiger partial charge in [-0.15, -0.1) is 12.6 Å². The summed E-state index contributed by atoms with van der Waals surface area (Å²) in [6.07, 6.45) is 0. The van der Waals surface area contributed by atoms with Crippen molar-refractivity contribution in [2.24, 2.45) is 0 Å². The Morgan fingerprint density at radius 2 is 2.09 bits per heavy atom. The van der Waals surface area contributed by atoms with E-state index in [1.54, 1.807) is 7.11 Å². The van der Waals surface area contributed by atoms with E-state index in [1.165, 1.54) is 0 Å². The van der Waals surface area contributed by atoms with Crippen LogP contribution in [0.1, 0.15) is 5.56 Å². The van der Waals surface area contributed by atoms with E-state index in [4.69, 9.17) is 4.74 Å².